The third-order valence-corrected chi connectivity index (χ3v) is 9.19. The van der Waals surface area contributed by atoms with Gasteiger partial charge in [-0.1, -0.05) is 78.9 Å². The Balaban J connectivity index is 0.941. The number of fused-ring (bicyclic) bond motifs is 2. The van der Waals surface area contributed by atoms with Crippen LogP contribution in [0.15, 0.2) is 91.0 Å². The molecule has 1 N–H and O–H groups in total. The maximum absolute atomic E-state index is 12.9. The number of rotatable bonds is 8. The number of β-amino-alcohol motifs (C(OH)–C–C–N with tert-alkyl or cyclic N) is 1. The first-order chi connectivity index (χ1) is 20.1. The number of allylic oxidation sites excluding steroid dienone is 1. The lowest BCUT2D eigenvalue weighted by molar-refractivity contribution is -0.128. The van der Waals surface area contributed by atoms with Crippen LogP contribution in [0.1, 0.15) is 47.9 Å². The fourth-order valence-electron chi connectivity index (χ4n) is 6.65. The molecule has 2 saturated heterocycles. The number of carbonyl (C=O) groups is 1. The monoisotopic (exact) mass is 548 g/mol. The molecule has 2 aliphatic heterocycles. The van der Waals surface area contributed by atoms with E-state index in [1.165, 1.54) is 11.1 Å². The van der Waals surface area contributed by atoms with Crippen molar-refractivity contribution in [2.75, 3.05) is 32.7 Å². The number of hydrogen-bond acceptors (Lipinski definition) is 4. The Morgan fingerprint density at radius 1 is 0.951 bits per heavy atom. The van der Waals surface area contributed by atoms with Gasteiger partial charge >= 0.3 is 0 Å². The quantitative estimate of drug-likeness (QED) is 0.354. The number of aliphatic hydroxyl groups excluding tert-OH is 1. The summed E-state index contributed by atoms with van der Waals surface area (Å²) in [4.78, 5) is 17.2. The van der Waals surface area contributed by atoms with Crippen molar-refractivity contribution in [2.24, 2.45) is 5.92 Å². The molecule has 212 valence electrons. The molecule has 3 aromatic carbocycles. The standard InChI is InChI=1S/C36H40N2O3/c39-34(26-37-23-19-36(20-24-37)18-15-30-10-4-5-12-33(30)36)31-16-21-38(22-17-31)35(40)14-13-28-9-6-11-32(25-28)41-27-29-7-2-1-3-8-29/h1-15,18,25,31,34,39H,16-17,19-24,26-27H2. The zero-order chi connectivity index (χ0) is 28.1. The SMILES string of the molecule is O=C(C=Cc1cccc(OCc2ccccc2)c1)N1CCC(C(O)CN2CCC3(C=Cc4ccccc43)CC2)CC1. The van der Waals surface area contributed by atoms with Crippen molar-refractivity contribution in [2.45, 2.75) is 43.8 Å². The molecule has 0 bridgehead atoms. The van der Waals surface area contributed by atoms with Gasteiger partial charge in [0.25, 0.3) is 0 Å². The molecule has 41 heavy (non-hydrogen) atoms. The van der Waals surface area contributed by atoms with Crippen LogP contribution >= 0.6 is 0 Å². The van der Waals surface area contributed by atoms with Crippen LogP contribution in [0.2, 0.25) is 0 Å². The second-order valence-corrected chi connectivity index (χ2v) is 11.8. The number of nitrogens with zero attached hydrogens (tertiary/aromatic N) is 2. The third-order valence-electron chi connectivity index (χ3n) is 9.19. The molecule has 0 radical (unpaired) electrons. The maximum atomic E-state index is 12.9. The fourth-order valence-corrected chi connectivity index (χ4v) is 6.65. The average Bonchev–Trinajstić information content (AvgIpc) is 3.38. The van der Waals surface area contributed by atoms with Gasteiger partial charge in [0.15, 0.2) is 0 Å². The fraction of sp³-hybridized carbons (Fsp3) is 0.361. The van der Waals surface area contributed by atoms with Crippen LogP contribution in [-0.4, -0.2) is 59.6 Å². The molecule has 3 aliphatic rings. The molecule has 5 heteroatoms. The average molecular weight is 549 g/mol. The van der Waals surface area contributed by atoms with Crippen LogP contribution in [0.25, 0.3) is 12.2 Å². The van der Waals surface area contributed by atoms with Crippen LogP contribution in [-0.2, 0) is 16.8 Å². The highest BCUT2D eigenvalue weighted by Gasteiger charge is 2.38. The Morgan fingerprint density at radius 2 is 1.71 bits per heavy atom. The minimum absolute atomic E-state index is 0.0276. The number of hydrogen-bond donors (Lipinski definition) is 1. The summed E-state index contributed by atoms with van der Waals surface area (Å²) in [6.45, 7) is 4.64. The van der Waals surface area contributed by atoms with E-state index in [0.29, 0.717) is 19.7 Å². The lowest BCUT2D eigenvalue weighted by atomic mass is 9.74. The van der Waals surface area contributed by atoms with Gasteiger partial charge < -0.3 is 19.6 Å². The molecule has 0 aromatic heterocycles. The Labute approximate surface area is 243 Å². The van der Waals surface area contributed by atoms with E-state index < -0.39 is 0 Å². The molecule has 6 rings (SSSR count). The molecule has 1 spiro atoms. The van der Waals surface area contributed by atoms with E-state index in [2.05, 4.69) is 41.3 Å². The highest BCUT2D eigenvalue weighted by atomic mass is 16.5. The van der Waals surface area contributed by atoms with Gasteiger partial charge in [0.2, 0.25) is 5.91 Å². The first-order valence-corrected chi connectivity index (χ1v) is 15.0. The van der Waals surface area contributed by atoms with Crippen molar-refractivity contribution in [3.05, 3.63) is 113 Å². The summed E-state index contributed by atoms with van der Waals surface area (Å²) in [5, 5.41) is 11.1. The topological polar surface area (TPSA) is 53.0 Å². The molecular formula is C36H40N2O3. The Bertz CT molecular complexity index is 1380. The van der Waals surface area contributed by atoms with E-state index in [-0.39, 0.29) is 23.3 Å². The van der Waals surface area contributed by atoms with Gasteiger partial charge in [-0.25, -0.2) is 0 Å². The van der Waals surface area contributed by atoms with Crippen molar-refractivity contribution in [1.82, 2.24) is 9.80 Å². The van der Waals surface area contributed by atoms with Crippen molar-refractivity contribution < 1.29 is 14.6 Å². The van der Waals surface area contributed by atoms with E-state index in [1.54, 1.807) is 6.08 Å². The number of benzene rings is 3. The molecule has 2 heterocycles. The van der Waals surface area contributed by atoms with E-state index in [1.807, 2.05) is 65.6 Å². The van der Waals surface area contributed by atoms with Crippen LogP contribution in [0, 0.1) is 5.92 Å². The van der Waals surface area contributed by atoms with Gasteiger partial charge in [0.05, 0.1) is 6.10 Å². The van der Waals surface area contributed by atoms with Crippen LogP contribution in [0.4, 0.5) is 0 Å². The summed E-state index contributed by atoms with van der Waals surface area (Å²) in [7, 11) is 0. The first kappa shape index (κ1) is 27.5. The van der Waals surface area contributed by atoms with Gasteiger partial charge in [-0.2, -0.15) is 0 Å². The van der Waals surface area contributed by atoms with Crippen LogP contribution in [0.3, 0.4) is 0 Å². The van der Waals surface area contributed by atoms with Crippen molar-refractivity contribution >= 4 is 18.1 Å². The summed E-state index contributed by atoms with van der Waals surface area (Å²) in [5.41, 5.74) is 5.06. The molecule has 1 atom stereocenters. The van der Waals surface area contributed by atoms with Crippen LogP contribution in [0.5, 0.6) is 5.75 Å². The molecule has 3 aromatic rings. The number of amides is 1. The third kappa shape index (κ3) is 6.47. The van der Waals surface area contributed by atoms with Gasteiger partial charge in [-0.05, 0) is 85.2 Å². The highest BCUT2D eigenvalue weighted by molar-refractivity contribution is 5.91. The predicted molar refractivity (Wildman–Crippen MR) is 164 cm³/mol. The summed E-state index contributed by atoms with van der Waals surface area (Å²) in [6, 6.07) is 26.7. The number of carbonyl (C=O) groups excluding carboxylic acids is 1. The summed E-state index contributed by atoms with van der Waals surface area (Å²) >= 11 is 0. The molecule has 5 nitrogen and oxygen atoms in total. The predicted octanol–water partition coefficient (Wildman–Crippen LogP) is 5.94. The summed E-state index contributed by atoms with van der Waals surface area (Å²) in [5.74, 6) is 1.05. The lowest BCUT2D eigenvalue weighted by Crippen LogP contribution is -2.47. The maximum Gasteiger partial charge on any atom is 0.246 e. The number of aliphatic hydroxyl groups is 1. The molecule has 2 fully saturated rings. The normalized spacial score (nSPS) is 19.5. The molecule has 0 saturated carbocycles. The number of likely N-dealkylation sites (tertiary alicyclic amines) is 2. The number of piperidine rings is 2. The van der Waals surface area contributed by atoms with Gasteiger partial charge in [-0.3, -0.25) is 4.79 Å². The zero-order valence-corrected chi connectivity index (χ0v) is 23.7. The van der Waals surface area contributed by atoms with Crippen molar-refractivity contribution in [3.63, 3.8) is 0 Å². The summed E-state index contributed by atoms with van der Waals surface area (Å²) < 4.78 is 5.92. The minimum Gasteiger partial charge on any atom is -0.489 e. The second kappa shape index (κ2) is 12.5. The summed E-state index contributed by atoms with van der Waals surface area (Å²) in [6.07, 6.45) is 11.8. The van der Waals surface area contributed by atoms with Gasteiger partial charge in [-0.15, -0.1) is 0 Å². The molecular weight excluding hydrogens is 508 g/mol. The van der Waals surface area contributed by atoms with E-state index in [4.69, 9.17) is 4.74 Å². The Morgan fingerprint density at radius 3 is 2.51 bits per heavy atom. The minimum atomic E-state index is -0.345. The molecule has 1 amide bonds. The highest BCUT2D eigenvalue weighted by Crippen LogP contribution is 2.43. The van der Waals surface area contributed by atoms with E-state index in [9.17, 15) is 9.90 Å². The zero-order valence-electron chi connectivity index (χ0n) is 23.7. The van der Waals surface area contributed by atoms with Crippen molar-refractivity contribution in [1.29, 1.82) is 0 Å². The van der Waals surface area contributed by atoms with Crippen molar-refractivity contribution in [3.8, 4) is 5.75 Å². The first-order valence-electron chi connectivity index (χ1n) is 15.0. The molecule has 1 unspecified atom stereocenters. The Hall–Kier alpha value is -3.67. The number of ether oxygens (including phenoxy) is 1. The van der Waals surface area contributed by atoms with Gasteiger partial charge in [0, 0.05) is 31.1 Å². The van der Waals surface area contributed by atoms with Crippen LogP contribution < -0.4 is 4.74 Å². The lowest BCUT2D eigenvalue weighted by Gasteiger charge is -2.41. The smallest absolute Gasteiger partial charge is 0.246 e. The largest absolute Gasteiger partial charge is 0.489 e. The molecule has 1 aliphatic carbocycles. The van der Waals surface area contributed by atoms with E-state index in [0.717, 1.165) is 62.2 Å². The second-order valence-electron chi connectivity index (χ2n) is 11.8. The Kier molecular flexibility index (Phi) is 8.36. The van der Waals surface area contributed by atoms with Gasteiger partial charge in [0.1, 0.15) is 12.4 Å². The van der Waals surface area contributed by atoms with E-state index >= 15 is 0 Å².